The summed E-state index contributed by atoms with van der Waals surface area (Å²) < 4.78 is 19.7. The standard InChI is InChI=1S/C14H20N2.C12H17N3.2C12H16N2.4C11H15N3.C10H14N4.C10H13N3.2C2H6/c1-9-7-8-10(2)16-12(14(4,5)6)11(3)15-13(9)16;1-8-6-13-11-10(12(3,4)5)14-9(2)15(11)7-8;1-12(2,3)10-5-7-13-11-9(10)6-8-14(11)4;1-9-13-11(12(2,3)4)10-7-5-6-8-14(9)10;1-11(2,3)9-5-6-12-10-8(9)7-13-14(10)4;1-11(2,3)8-5-6-12-10-9(8)13-7-14(10)4;1-8-9(11(2,3)4)14-7-5-6-12-10(14)13-8;1-8-10(11(2,3)4)9-6-5-7-12-14(9)13-8;1-7-5-8(10(2,3)4)14-9(13-7)11-6-12-14;1-10(2,3)9-8-6-4-5-7-13(8)12-11-9;2*1-2/h7-8H,1-6H3;6-7H,1-5H3;2*5-8H,1-4H3;4*5-7H,1-4H3;5-6H,1-4H3;4-7H,1-3H3;2*1-2H3. The predicted octanol–water partition coefficient (Wildman–Crippen LogP) is 27.0. The SMILES string of the molecule is CC.CC.CC(C)(C)c1nnn2ccccc12.Cc1cc(C(C)(C)C)n2ncnc2n1.Cc1cnc2c(C(C)(C)C)nc(C)n2c1.Cc1nc(C(C)(C)C)c2ccccn12.Cc1nc2c(C)ccc(C)n2c1C(C)(C)C.Cc1nc2ncccn2c1C(C)(C)C.Cc1nn2ncccc2c1C(C)(C)C.Cn1ccc2c(C(C)(C)C)ccnc21.Cn1cnc2c(C(C)(C)C)ccnc21.Cn1ncc2c(C(C)(C)C)ccnc21. The maximum absolute atomic E-state index is 4.70. The summed E-state index contributed by atoms with van der Waals surface area (Å²) in [5.74, 6) is 3.53. The fourth-order valence-corrected chi connectivity index (χ4v) is 17.7. The molecule has 28 heteroatoms. The van der Waals surface area contributed by atoms with Crippen molar-refractivity contribution in [2.45, 2.75) is 352 Å². The highest BCUT2D eigenvalue weighted by Gasteiger charge is 2.30. The molecule has 0 radical (unpaired) electrons. The molecule has 0 amide bonds. The number of aryl methyl sites for hydroxylation is 12. The molecule has 0 atom stereocenters. The van der Waals surface area contributed by atoms with E-state index in [2.05, 4.69) is 415 Å². The van der Waals surface area contributed by atoms with Crippen molar-refractivity contribution in [2.24, 2.45) is 21.1 Å². The number of fused-ring (bicyclic) bond motifs is 10. The average Bonchev–Trinajstić information content (AvgIpc) is 1.61. The lowest BCUT2D eigenvalue weighted by molar-refractivity contribution is 0.545. The number of pyridine rings is 6. The summed E-state index contributed by atoms with van der Waals surface area (Å²) in [7, 11) is 5.92. The molecule has 0 aliphatic rings. The first-order valence-electron chi connectivity index (χ1n) is 51.0. The Morgan fingerprint density at radius 3 is 1.47 bits per heavy atom. The highest BCUT2D eigenvalue weighted by atomic mass is 15.4. The quantitative estimate of drug-likeness (QED) is 0.136. The van der Waals surface area contributed by atoms with Crippen LogP contribution < -0.4 is 0 Å². The fourth-order valence-electron chi connectivity index (χ4n) is 17.7. The van der Waals surface area contributed by atoms with Gasteiger partial charge in [0.15, 0.2) is 16.9 Å². The first-order chi connectivity index (χ1) is 67.8. The second-order valence-corrected chi connectivity index (χ2v) is 47.3. The Morgan fingerprint density at radius 1 is 0.336 bits per heavy atom. The van der Waals surface area contributed by atoms with Crippen LogP contribution in [0.5, 0.6) is 0 Å². The molecule has 20 aromatic rings. The van der Waals surface area contributed by atoms with Gasteiger partial charge in [-0.2, -0.15) is 30.0 Å². The van der Waals surface area contributed by atoms with Crippen LogP contribution in [0, 0.1) is 62.3 Å². The molecule has 0 bridgehead atoms. The summed E-state index contributed by atoms with van der Waals surface area (Å²) in [6.07, 6.45) is 26.4. The van der Waals surface area contributed by atoms with E-state index in [0.29, 0.717) is 5.78 Å². The predicted molar refractivity (Wildman–Crippen MR) is 603 cm³/mol. The van der Waals surface area contributed by atoms with Gasteiger partial charge >= 0.3 is 0 Å². The van der Waals surface area contributed by atoms with Gasteiger partial charge in [-0.05, 0) is 191 Å². The zero-order chi connectivity index (χ0) is 109. The Bertz CT molecular complexity index is 7410. The highest BCUT2D eigenvalue weighted by molar-refractivity contribution is 5.82. The minimum atomic E-state index is 0.0434. The Kier molecular flexibility index (Phi) is 36.5. The summed E-state index contributed by atoms with van der Waals surface area (Å²) >= 11 is 0. The lowest BCUT2D eigenvalue weighted by Crippen LogP contribution is -2.18. The lowest BCUT2D eigenvalue weighted by Gasteiger charge is -2.20. The molecule has 0 spiro atoms. The Hall–Kier alpha value is -13.7. The number of aromatic nitrogens is 28. The van der Waals surface area contributed by atoms with Crippen molar-refractivity contribution in [3.05, 3.63) is 292 Å². The van der Waals surface area contributed by atoms with Crippen molar-refractivity contribution in [3.63, 3.8) is 0 Å². The molecule has 146 heavy (non-hydrogen) atoms. The van der Waals surface area contributed by atoms with Gasteiger partial charge in [0.25, 0.3) is 5.78 Å². The Balaban J connectivity index is 0.000000180. The summed E-state index contributed by atoms with van der Waals surface area (Å²) in [4.78, 5) is 52.8. The molecular formula is C118H168N28. The van der Waals surface area contributed by atoms with Gasteiger partial charge in [-0.25, -0.2) is 63.9 Å². The first kappa shape index (κ1) is 116. The van der Waals surface area contributed by atoms with Crippen LogP contribution in [0.2, 0.25) is 0 Å². The molecule has 0 N–H and O–H groups in total. The van der Waals surface area contributed by atoms with Crippen LogP contribution in [-0.4, -0.2) is 136 Å². The van der Waals surface area contributed by atoms with E-state index in [-0.39, 0.29) is 54.1 Å². The zero-order valence-electron chi connectivity index (χ0n) is 96.8. The first-order valence-corrected chi connectivity index (χ1v) is 51.0. The third-order valence-electron chi connectivity index (χ3n) is 24.2. The molecule has 28 nitrogen and oxygen atoms in total. The van der Waals surface area contributed by atoms with E-state index in [1.807, 2.05) is 186 Å². The minimum Gasteiger partial charge on any atom is -0.336 e. The van der Waals surface area contributed by atoms with Crippen LogP contribution in [0.4, 0.5) is 0 Å². The van der Waals surface area contributed by atoms with Gasteiger partial charge in [0.1, 0.15) is 34.8 Å². The van der Waals surface area contributed by atoms with Crippen LogP contribution >= 0.6 is 0 Å². The molecule has 0 aromatic carbocycles. The number of nitrogens with zero attached hydrogens (tertiary/aromatic N) is 28. The topological polar surface area (TPSA) is 278 Å². The van der Waals surface area contributed by atoms with Gasteiger partial charge < -0.3 is 17.9 Å². The van der Waals surface area contributed by atoms with Crippen molar-refractivity contribution in [3.8, 4) is 0 Å². The monoisotopic (exact) mass is 1980 g/mol. The van der Waals surface area contributed by atoms with Gasteiger partial charge in [0.05, 0.1) is 80.3 Å². The molecular weight excluding hydrogens is 1810 g/mol. The maximum atomic E-state index is 4.70. The van der Waals surface area contributed by atoms with Crippen molar-refractivity contribution in [2.75, 3.05) is 0 Å². The summed E-state index contributed by atoms with van der Waals surface area (Å²) in [6.45, 7) is 92.3. The van der Waals surface area contributed by atoms with Crippen LogP contribution in [0.25, 0.3) is 72.6 Å². The van der Waals surface area contributed by atoms with E-state index in [0.717, 1.165) is 113 Å². The largest absolute Gasteiger partial charge is 0.336 e. The highest BCUT2D eigenvalue weighted by Crippen LogP contribution is 2.37. The zero-order valence-corrected chi connectivity index (χ0v) is 96.8. The molecule has 0 aliphatic carbocycles. The second-order valence-electron chi connectivity index (χ2n) is 47.3. The number of hydrogen-bond acceptors (Lipinski definition) is 18. The molecule has 0 saturated heterocycles. The van der Waals surface area contributed by atoms with Gasteiger partial charge in [-0.15, -0.1) is 5.10 Å². The van der Waals surface area contributed by atoms with Gasteiger partial charge in [0.2, 0.25) is 5.78 Å². The van der Waals surface area contributed by atoms with Crippen molar-refractivity contribution >= 4 is 72.6 Å². The van der Waals surface area contributed by atoms with E-state index in [1.165, 1.54) is 67.8 Å². The van der Waals surface area contributed by atoms with Crippen LogP contribution in [0.1, 0.15) is 343 Å². The molecule has 0 fully saturated rings. The normalized spacial score (nSPS) is 12.0. The smallest absolute Gasteiger partial charge is 0.252 e. The fraction of sp³-hybridized carbons (Fsp3) is 0.475. The number of rotatable bonds is 0. The summed E-state index contributed by atoms with van der Waals surface area (Å²) in [5.41, 5.74) is 30.7. The Morgan fingerprint density at radius 2 is 0.884 bits per heavy atom. The molecule has 0 saturated carbocycles. The third-order valence-corrected chi connectivity index (χ3v) is 24.2. The molecule has 20 rings (SSSR count). The van der Waals surface area contributed by atoms with Crippen LogP contribution in [-0.2, 0) is 75.3 Å². The Labute approximate surface area is 867 Å². The summed E-state index contributed by atoms with van der Waals surface area (Å²) in [5, 5.41) is 27.6. The second kappa shape index (κ2) is 46.0. The van der Waals surface area contributed by atoms with Crippen molar-refractivity contribution in [1.29, 1.82) is 0 Å². The third kappa shape index (κ3) is 27.7. The summed E-state index contributed by atoms with van der Waals surface area (Å²) in [6, 6.07) is 32.9. The van der Waals surface area contributed by atoms with E-state index < -0.39 is 0 Å². The van der Waals surface area contributed by atoms with Gasteiger partial charge in [0, 0.05) is 150 Å². The van der Waals surface area contributed by atoms with E-state index >= 15 is 0 Å². The minimum absolute atomic E-state index is 0.0434. The van der Waals surface area contributed by atoms with Crippen molar-refractivity contribution < 1.29 is 0 Å². The van der Waals surface area contributed by atoms with Gasteiger partial charge in [-0.3, -0.25) is 13.5 Å². The molecule has 20 aromatic heterocycles. The average molecular weight is 1980 g/mol. The maximum Gasteiger partial charge on any atom is 0.252 e. The number of imidazole rings is 5. The van der Waals surface area contributed by atoms with Gasteiger partial charge in [-0.1, -0.05) is 259 Å². The van der Waals surface area contributed by atoms with E-state index in [4.69, 9.17) is 4.98 Å². The van der Waals surface area contributed by atoms with E-state index in [1.54, 1.807) is 26.1 Å². The van der Waals surface area contributed by atoms with Crippen LogP contribution in [0.15, 0.2) is 184 Å². The molecule has 0 aliphatic heterocycles. The molecule has 20 heterocycles. The lowest BCUT2D eigenvalue weighted by atomic mass is 9.86. The van der Waals surface area contributed by atoms with E-state index in [9.17, 15) is 0 Å². The molecule has 780 valence electrons. The number of hydrogen-bond donors (Lipinski definition) is 0. The molecule has 0 unspecified atom stereocenters. The van der Waals surface area contributed by atoms with Crippen molar-refractivity contribution in [1.82, 2.24) is 136 Å². The van der Waals surface area contributed by atoms with Crippen LogP contribution in [0.3, 0.4) is 0 Å².